The minimum atomic E-state index is 0.519. The molecule has 0 saturated heterocycles. The molecule has 5 rings (SSSR count). The van der Waals surface area contributed by atoms with Gasteiger partial charge in [-0.25, -0.2) is 4.98 Å². The maximum atomic E-state index is 6.40. The third-order valence-corrected chi connectivity index (χ3v) is 6.15. The lowest BCUT2D eigenvalue weighted by Crippen LogP contribution is -2.28. The molecule has 0 amide bonds. The number of nitrogen functional groups attached to an aromatic ring is 1. The summed E-state index contributed by atoms with van der Waals surface area (Å²) in [6.45, 7) is 1.85. The van der Waals surface area contributed by atoms with Gasteiger partial charge in [-0.2, -0.15) is 4.98 Å². The third-order valence-electron chi connectivity index (χ3n) is 6.15. The van der Waals surface area contributed by atoms with E-state index in [4.69, 9.17) is 15.7 Å². The van der Waals surface area contributed by atoms with E-state index in [1.807, 2.05) is 30.5 Å². The smallest absolute Gasteiger partial charge is 0.229 e. The second-order valence-corrected chi connectivity index (χ2v) is 8.93. The van der Waals surface area contributed by atoms with Crippen molar-refractivity contribution in [3.8, 4) is 11.3 Å². The highest BCUT2D eigenvalue weighted by atomic mass is 15.2. The molecule has 0 aliphatic carbocycles. The van der Waals surface area contributed by atoms with Crippen LogP contribution in [-0.4, -0.2) is 58.7 Å². The van der Waals surface area contributed by atoms with Gasteiger partial charge in [-0.05, 0) is 44.4 Å². The van der Waals surface area contributed by atoms with Crippen molar-refractivity contribution in [1.29, 1.82) is 0 Å². The standard InChI is InChI=1S/C26H30N8/c1-32(2)13-14-33(3)23-10-9-17(15-21(23)27)29-26-30-24(19-11-12-28-25(19)31-26)20-16-34(4)22-8-6-5-7-18(20)22/h5-12,15-16H,13-14,27H2,1-4H3,(H2,28,29,30,31). The fraction of sp³-hybridized carbons (Fsp3) is 0.231. The van der Waals surface area contributed by atoms with Crippen LogP contribution in [0.15, 0.2) is 60.9 Å². The van der Waals surface area contributed by atoms with Gasteiger partial charge in [0.1, 0.15) is 5.65 Å². The number of benzene rings is 2. The van der Waals surface area contributed by atoms with Crippen LogP contribution in [0, 0.1) is 0 Å². The quantitative estimate of drug-likeness (QED) is 0.315. The number of anilines is 4. The van der Waals surface area contributed by atoms with Gasteiger partial charge < -0.3 is 30.4 Å². The molecule has 0 unspecified atom stereocenters. The van der Waals surface area contributed by atoms with Crippen molar-refractivity contribution >= 4 is 44.9 Å². The summed E-state index contributed by atoms with van der Waals surface area (Å²) in [6.07, 6.45) is 4.02. The lowest BCUT2D eigenvalue weighted by Gasteiger charge is -2.23. The van der Waals surface area contributed by atoms with Crippen LogP contribution in [0.3, 0.4) is 0 Å². The topological polar surface area (TPSA) is 91.0 Å². The number of H-pyrrole nitrogens is 1. The lowest BCUT2D eigenvalue weighted by atomic mass is 10.1. The summed E-state index contributed by atoms with van der Waals surface area (Å²) >= 11 is 0. The Kier molecular flexibility index (Phi) is 5.59. The second-order valence-electron chi connectivity index (χ2n) is 8.93. The van der Waals surface area contributed by atoms with Crippen molar-refractivity contribution in [2.45, 2.75) is 0 Å². The number of nitrogens with one attached hydrogen (secondary N) is 2. The van der Waals surface area contributed by atoms with Crippen molar-refractivity contribution in [3.63, 3.8) is 0 Å². The van der Waals surface area contributed by atoms with E-state index >= 15 is 0 Å². The molecule has 5 aromatic rings. The van der Waals surface area contributed by atoms with E-state index in [2.05, 4.69) is 83.3 Å². The van der Waals surface area contributed by atoms with Crippen LogP contribution in [-0.2, 0) is 7.05 Å². The van der Waals surface area contributed by atoms with Crippen LogP contribution >= 0.6 is 0 Å². The number of aromatic nitrogens is 4. The van der Waals surface area contributed by atoms with Gasteiger partial charge in [0, 0.05) is 67.1 Å². The van der Waals surface area contributed by atoms with Crippen molar-refractivity contribution in [1.82, 2.24) is 24.4 Å². The molecule has 0 saturated carbocycles. The molecule has 8 nitrogen and oxygen atoms in total. The van der Waals surface area contributed by atoms with E-state index in [1.54, 1.807) is 0 Å². The first-order chi connectivity index (χ1) is 16.4. The number of hydrogen-bond acceptors (Lipinski definition) is 6. The van der Waals surface area contributed by atoms with Gasteiger partial charge in [-0.3, -0.25) is 0 Å². The van der Waals surface area contributed by atoms with E-state index < -0.39 is 0 Å². The Hall–Kier alpha value is -4.04. The second kappa shape index (κ2) is 8.72. The van der Waals surface area contributed by atoms with Crippen LogP contribution in [0.25, 0.3) is 33.2 Å². The molecule has 34 heavy (non-hydrogen) atoms. The maximum absolute atomic E-state index is 6.40. The highest BCUT2D eigenvalue weighted by molar-refractivity contribution is 6.02. The van der Waals surface area contributed by atoms with Gasteiger partial charge in [0.05, 0.1) is 17.1 Å². The van der Waals surface area contributed by atoms with E-state index in [0.29, 0.717) is 11.6 Å². The Labute approximate surface area is 199 Å². The van der Waals surface area contributed by atoms with Crippen LogP contribution in [0.4, 0.5) is 23.0 Å². The summed E-state index contributed by atoms with van der Waals surface area (Å²) in [5, 5.41) is 5.50. The van der Waals surface area contributed by atoms with Crippen molar-refractivity contribution in [3.05, 3.63) is 60.9 Å². The monoisotopic (exact) mass is 454 g/mol. The number of hydrogen-bond donors (Lipinski definition) is 3. The van der Waals surface area contributed by atoms with E-state index in [0.717, 1.165) is 57.7 Å². The number of rotatable bonds is 7. The first kappa shape index (κ1) is 21.8. The molecule has 0 spiro atoms. The average Bonchev–Trinajstić information content (AvgIpc) is 3.42. The molecule has 0 aliphatic heterocycles. The molecule has 3 heterocycles. The van der Waals surface area contributed by atoms with Crippen LogP contribution < -0.4 is 16.0 Å². The van der Waals surface area contributed by atoms with E-state index in [-0.39, 0.29) is 0 Å². The van der Waals surface area contributed by atoms with Crippen LogP contribution in [0.5, 0.6) is 0 Å². The fourth-order valence-electron chi connectivity index (χ4n) is 4.31. The van der Waals surface area contributed by atoms with Crippen LogP contribution in [0.1, 0.15) is 0 Å². The predicted octanol–water partition coefficient (Wildman–Crippen LogP) is 4.44. The number of para-hydroxylation sites is 1. The van der Waals surface area contributed by atoms with E-state index in [1.165, 1.54) is 0 Å². The van der Waals surface area contributed by atoms with Crippen LogP contribution in [0.2, 0.25) is 0 Å². The molecule has 174 valence electrons. The van der Waals surface area contributed by atoms with Gasteiger partial charge in [-0.15, -0.1) is 0 Å². The molecule has 0 radical (unpaired) electrons. The molecule has 0 atom stereocenters. The fourth-order valence-corrected chi connectivity index (χ4v) is 4.31. The van der Waals surface area contributed by atoms with E-state index in [9.17, 15) is 0 Å². The predicted molar refractivity (Wildman–Crippen MR) is 142 cm³/mol. The van der Waals surface area contributed by atoms with Gasteiger partial charge in [-0.1, -0.05) is 18.2 Å². The highest BCUT2D eigenvalue weighted by Crippen LogP contribution is 2.34. The number of likely N-dealkylation sites (N-methyl/N-ethyl adjacent to an activating group) is 2. The summed E-state index contributed by atoms with van der Waals surface area (Å²) in [5.74, 6) is 0.519. The zero-order chi connectivity index (χ0) is 23.8. The van der Waals surface area contributed by atoms with Crippen molar-refractivity contribution in [2.75, 3.05) is 50.2 Å². The first-order valence-corrected chi connectivity index (χ1v) is 11.3. The molecule has 0 bridgehead atoms. The molecular weight excluding hydrogens is 424 g/mol. The normalized spacial score (nSPS) is 11.6. The minimum Gasteiger partial charge on any atom is -0.397 e. The molecule has 8 heteroatoms. The summed E-state index contributed by atoms with van der Waals surface area (Å²) < 4.78 is 2.13. The molecule has 0 fully saturated rings. The number of aryl methyl sites for hydroxylation is 1. The van der Waals surface area contributed by atoms with Crippen molar-refractivity contribution < 1.29 is 0 Å². The largest absolute Gasteiger partial charge is 0.397 e. The Morgan fingerprint density at radius 2 is 1.82 bits per heavy atom. The number of nitrogens with zero attached hydrogens (tertiary/aromatic N) is 5. The van der Waals surface area contributed by atoms with Crippen molar-refractivity contribution in [2.24, 2.45) is 7.05 Å². The molecular formula is C26H30N8. The summed E-state index contributed by atoms with van der Waals surface area (Å²) in [4.78, 5) is 17.2. The number of nitrogens with two attached hydrogens (primary N) is 1. The average molecular weight is 455 g/mol. The Bertz CT molecular complexity index is 1460. The summed E-state index contributed by atoms with van der Waals surface area (Å²) in [6, 6.07) is 16.4. The SMILES string of the molecule is CN(C)CCN(C)c1ccc(Nc2nc(-c3cn(C)c4ccccc34)c3cc[nH]c3n2)cc1N. The summed E-state index contributed by atoms with van der Waals surface area (Å²) in [5.41, 5.74) is 12.9. The van der Waals surface area contributed by atoms with Gasteiger partial charge >= 0.3 is 0 Å². The van der Waals surface area contributed by atoms with Gasteiger partial charge in [0.15, 0.2) is 0 Å². The number of aromatic amines is 1. The van der Waals surface area contributed by atoms with Gasteiger partial charge in [0.2, 0.25) is 5.95 Å². The molecule has 4 N–H and O–H groups in total. The van der Waals surface area contributed by atoms with Gasteiger partial charge in [0.25, 0.3) is 0 Å². The third kappa shape index (κ3) is 4.04. The first-order valence-electron chi connectivity index (χ1n) is 11.3. The Morgan fingerprint density at radius 1 is 1.00 bits per heavy atom. The number of fused-ring (bicyclic) bond motifs is 2. The molecule has 2 aromatic carbocycles. The maximum Gasteiger partial charge on any atom is 0.229 e. The Balaban J connectivity index is 1.49. The lowest BCUT2D eigenvalue weighted by molar-refractivity contribution is 0.416. The Morgan fingerprint density at radius 3 is 2.62 bits per heavy atom. The highest BCUT2D eigenvalue weighted by Gasteiger charge is 2.16. The molecule has 3 aromatic heterocycles. The zero-order valence-corrected chi connectivity index (χ0v) is 20.0. The minimum absolute atomic E-state index is 0.519. The molecule has 0 aliphatic rings. The zero-order valence-electron chi connectivity index (χ0n) is 20.0. The summed E-state index contributed by atoms with van der Waals surface area (Å²) in [7, 11) is 8.25.